The molecule has 0 saturated carbocycles. The van der Waals surface area contributed by atoms with Gasteiger partial charge in [-0.05, 0) is 62.6 Å². The second kappa shape index (κ2) is 8.63. The van der Waals surface area contributed by atoms with Crippen LogP contribution in [0.15, 0.2) is 59.9 Å². The van der Waals surface area contributed by atoms with Gasteiger partial charge in [-0.2, -0.15) is 0 Å². The van der Waals surface area contributed by atoms with Gasteiger partial charge in [0.25, 0.3) is 5.91 Å². The molecule has 0 atom stereocenters. The van der Waals surface area contributed by atoms with E-state index in [1.807, 2.05) is 36.4 Å². The molecule has 2 aliphatic heterocycles. The number of esters is 1. The Kier molecular flexibility index (Phi) is 5.92. The van der Waals surface area contributed by atoms with Crippen LogP contribution in [0.3, 0.4) is 0 Å². The summed E-state index contributed by atoms with van der Waals surface area (Å²) < 4.78 is 5.78. The van der Waals surface area contributed by atoms with Crippen LogP contribution in [0, 0.1) is 0 Å². The van der Waals surface area contributed by atoms with Gasteiger partial charge in [0, 0.05) is 55.6 Å². The monoisotopic (exact) mass is 419 g/mol. The van der Waals surface area contributed by atoms with Crippen LogP contribution in [-0.4, -0.2) is 46.5 Å². The van der Waals surface area contributed by atoms with Crippen molar-refractivity contribution in [3.63, 3.8) is 0 Å². The molecule has 6 nitrogen and oxygen atoms in total. The van der Waals surface area contributed by atoms with Crippen molar-refractivity contribution in [1.82, 2.24) is 9.88 Å². The van der Waals surface area contributed by atoms with Crippen molar-refractivity contribution in [2.75, 3.05) is 18.4 Å². The fourth-order valence-electron chi connectivity index (χ4n) is 4.52. The highest BCUT2D eigenvalue weighted by atomic mass is 16.6. The number of nitrogens with one attached hydrogen (secondary N) is 1. The van der Waals surface area contributed by atoms with Crippen LogP contribution < -0.4 is 5.32 Å². The van der Waals surface area contributed by atoms with Gasteiger partial charge in [0.2, 0.25) is 0 Å². The van der Waals surface area contributed by atoms with Crippen molar-refractivity contribution in [2.24, 2.45) is 0 Å². The lowest BCUT2D eigenvalue weighted by Gasteiger charge is -2.40. The number of pyridine rings is 1. The zero-order valence-corrected chi connectivity index (χ0v) is 18.4. The number of likely N-dealkylation sites (tertiary alicyclic amines) is 1. The van der Waals surface area contributed by atoms with Crippen LogP contribution in [-0.2, 0) is 20.7 Å². The molecule has 1 aromatic heterocycles. The molecule has 1 saturated heterocycles. The summed E-state index contributed by atoms with van der Waals surface area (Å²) in [7, 11) is 0. The van der Waals surface area contributed by atoms with Gasteiger partial charge in [0.15, 0.2) is 0 Å². The van der Waals surface area contributed by atoms with E-state index in [-0.39, 0.29) is 11.9 Å². The molecule has 1 amide bonds. The SMILES string of the molecule is CC1=C(C(=O)Nc2ccc(Cc3ccncc3)cc2)C2(CCN(C(C)C)CC2)OC1=O. The van der Waals surface area contributed by atoms with Crippen LogP contribution in [0.1, 0.15) is 44.7 Å². The molecule has 4 rings (SSSR count). The van der Waals surface area contributed by atoms with Gasteiger partial charge in [0.1, 0.15) is 5.60 Å². The van der Waals surface area contributed by atoms with Crippen LogP contribution >= 0.6 is 0 Å². The molecule has 0 unspecified atom stereocenters. The third-order valence-corrected chi connectivity index (χ3v) is 6.36. The lowest BCUT2D eigenvalue weighted by atomic mass is 9.82. The van der Waals surface area contributed by atoms with Gasteiger partial charge in [-0.15, -0.1) is 0 Å². The normalized spacial score (nSPS) is 18.5. The van der Waals surface area contributed by atoms with Crippen molar-refractivity contribution < 1.29 is 14.3 Å². The molecule has 2 aliphatic rings. The second-order valence-electron chi connectivity index (χ2n) is 8.70. The summed E-state index contributed by atoms with van der Waals surface area (Å²) in [6.45, 7) is 7.62. The van der Waals surface area contributed by atoms with Gasteiger partial charge in [-0.1, -0.05) is 12.1 Å². The Morgan fingerprint density at radius 3 is 2.32 bits per heavy atom. The molecule has 6 heteroatoms. The smallest absolute Gasteiger partial charge is 0.335 e. The van der Waals surface area contributed by atoms with E-state index < -0.39 is 5.60 Å². The molecular formula is C25H29N3O3. The molecule has 1 N–H and O–H groups in total. The van der Waals surface area contributed by atoms with Crippen LogP contribution in [0.25, 0.3) is 0 Å². The highest BCUT2D eigenvalue weighted by molar-refractivity contribution is 6.12. The van der Waals surface area contributed by atoms with Crippen molar-refractivity contribution in [2.45, 2.75) is 51.7 Å². The number of hydrogen-bond acceptors (Lipinski definition) is 5. The molecule has 1 spiro atoms. The summed E-state index contributed by atoms with van der Waals surface area (Å²) in [6, 6.07) is 12.2. The molecule has 162 valence electrons. The minimum Gasteiger partial charge on any atom is -0.450 e. The van der Waals surface area contributed by atoms with E-state index in [1.165, 1.54) is 5.56 Å². The first-order valence-electron chi connectivity index (χ1n) is 10.9. The van der Waals surface area contributed by atoms with Crippen molar-refractivity contribution in [1.29, 1.82) is 0 Å². The fourth-order valence-corrected chi connectivity index (χ4v) is 4.52. The number of anilines is 1. The Hall–Kier alpha value is -2.99. The minimum atomic E-state index is -0.808. The van der Waals surface area contributed by atoms with Crippen molar-refractivity contribution >= 4 is 17.6 Å². The summed E-state index contributed by atoms with van der Waals surface area (Å²) in [5.41, 5.74) is 3.14. The zero-order valence-electron chi connectivity index (χ0n) is 18.4. The third-order valence-electron chi connectivity index (χ3n) is 6.36. The first-order valence-corrected chi connectivity index (χ1v) is 10.9. The molecule has 0 bridgehead atoms. The first-order chi connectivity index (χ1) is 14.9. The zero-order chi connectivity index (χ0) is 22.0. The number of aromatic nitrogens is 1. The van der Waals surface area contributed by atoms with Gasteiger partial charge in [0.05, 0.1) is 5.57 Å². The van der Waals surface area contributed by atoms with Crippen LogP contribution in [0.4, 0.5) is 5.69 Å². The number of carbonyl (C=O) groups excluding carboxylic acids is 2. The predicted octanol–water partition coefficient (Wildman–Crippen LogP) is 3.73. The van der Waals surface area contributed by atoms with Crippen molar-refractivity contribution in [3.05, 3.63) is 71.1 Å². The topological polar surface area (TPSA) is 71.5 Å². The summed E-state index contributed by atoms with van der Waals surface area (Å²) in [6.07, 6.45) is 5.65. The summed E-state index contributed by atoms with van der Waals surface area (Å²) in [5.74, 6) is -0.626. The minimum absolute atomic E-state index is 0.247. The van der Waals surface area contributed by atoms with E-state index in [0.717, 1.165) is 25.1 Å². The molecule has 1 aromatic carbocycles. The number of hydrogen-bond donors (Lipinski definition) is 1. The number of carbonyl (C=O) groups is 2. The molecule has 31 heavy (non-hydrogen) atoms. The molecule has 0 aliphatic carbocycles. The van der Waals surface area contributed by atoms with Gasteiger partial charge in [-0.3, -0.25) is 9.78 Å². The van der Waals surface area contributed by atoms with E-state index in [4.69, 9.17) is 4.74 Å². The van der Waals surface area contributed by atoms with E-state index in [9.17, 15) is 9.59 Å². The summed E-state index contributed by atoms with van der Waals surface area (Å²) in [4.78, 5) is 32.0. The molecule has 0 radical (unpaired) electrons. The Bertz CT molecular complexity index is 988. The average molecular weight is 420 g/mol. The predicted molar refractivity (Wildman–Crippen MR) is 120 cm³/mol. The maximum atomic E-state index is 13.2. The Morgan fingerprint density at radius 1 is 1.10 bits per heavy atom. The fraction of sp³-hybridized carbons (Fsp3) is 0.400. The average Bonchev–Trinajstić information content (AvgIpc) is 3.00. The maximum Gasteiger partial charge on any atom is 0.335 e. The lowest BCUT2D eigenvalue weighted by Crippen LogP contribution is -2.49. The highest BCUT2D eigenvalue weighted by Crippen LogP contribution is 2.41. The number of benzene rings is 1. The Balaban J connectivity index is 1.47. The number of nitrogens with zero attached hydrogens (tertiary/aromatic N) is 2. The van der Waals surface area contributed by atoms with Crippen LogP contribution in [0.5, 0.6) is 0 Å². The molecule has 3 heterocycles. The van der Waals surface area contributed by atoms with Crippen molar-refractivity contribution in [3.8, 4) is 0 Å². The number of ether oxygens (including phenoxy) is 1. The lowest BCUT2D eigenvalue weighted by molar-refractivity contribution is -0.151. The van der Waals surface area contributed by atoms with Gasteiger partial charge in [-0.25, -0.2) is 4.79 Å². The number of piperidine rings is 1. The molecule has 1 fully saturated rings. The highest BCUT2D eigenvalue weighted by Gasteiger charge is 2.50. The number of rotatable bonds is 5. The van der Waals surface area contributed by atoms with E-state index in [2.05, 4.69) is 29.0 Å². The van der Waals surface area contributed by atoms with Gasteiger partial charge < -0.3 is 15.0 Å². The van der Waals surface area contributed by atoms with Gasteiger partial charge >= 0.3 is 5.97 Å². The quantitative estimate of drug-likeness (QED) is 0.748. The second-order valence-corrected chi connectivity index (χ2v) is 8.70. The Morgan fingerprint density at radius 2 is 1.71 bits per heavy atom. The summed E-state index contributed by atoms with van der Waals surface area (Å²) in [5, 5.41) is 2.98. The largest absolute Gasteiger partial charge is 0.450 e. The van der Waals surface area contributed by atoms with E-state index in [1.54, 1.807) is 19.3 Å². The first kappa shape index (κ1) is 21.2. The van der Waals surface area contributed by atoms with Crippen LogP contribution in [0.2, 0.25) is 0 Å². The van der Waals surface area contributed by atoms with E-state index >= 15 is 0 Å². The summed E-state index contributed by atoms with van der Waals surface area (Å²) >= 11 is 0. The third kappa shape index (κ3) is 4.39. The number of amides is 1. The maximum absolute atomic E-state index is 13.2. The molecule has 2 aromatic rings. The Labute approximate surface area is 183 Å². The standard InChI is InChI=1S/C25H29N3O3/c1-17(2)28-14-10-25(11-15-28)22(18(3)24(30)31-25)23(29)27-21-6-4-19(5-7-21)16-20-8-12-26-13-9-20/h4-9,12-13,17H,10-11,14-16H2,1-3H3,(H,27,29). The van der Waals surface area contributed by atoms with E-state index in [0.29, 0.717) is 35.7 Å². The molecular weight excluding hydrogens is 390 g/mol.